The highest BCUT2D eigenvalue weighted by atomic mass is 127. The Balaban J connectivity index is 3.37. The summed E-state index contributed by atoms with van der Waals surface area (Å²) in [6.07, 6.45) is 1.60. The molecule has 0 amide bonds. The fraction of sp³-hybridized carbons (Fsp3) is 0. The first kappa shape index (κ1) is 9.71. The highest BCUT2D eigenvalue weighted by Gasteiger charge is 2.05. The molecule has 0 spiro atoms. The molecule has 1 unspecified atom stereocenters. The van der Waals surface area contributed by atoms with Crippen LogP contribution in [0.25, 0.3) is 0 Å². The number of nitrogens with zero attached hydrogens (tertiary/aromatic N) is 2. The fourth-order valence-electron chi connectivity index (χ4n) is 0.473. The third-order valence-corrected chi connectivity index (χ3v) is 3.55. The molecule has 0 aliphatic rings. The molecule has 0 bridgehead atoms. The van der Waals surface area contributed by atoms with Crippen LogP contribution in [-0.4, -0.2) is 9.55 Å². The zero-order chi connectivity index (χ0) is 8.43. The lowest BCUT2D eigenvalue weighted by Gasteiger charge is -1.98. The molecule has 1 atom stereocenters. The van der Waals surface area contributed by atoms with E-state index in [1.807, 2.05) is 22.0 Å². The van der Waals surface area contributed by atoms with Gasteiger partial charge in [0, 0.05) is 0 Å². The molecule has 0 saturated heterocycles. The molecule has 0 fully saturated rings. The molecular formula is C4H2Cl2IN2OP. The summed E-state index contributed by atoms with van der Waals surface area (Å²) in [4.78, 5) is 11.1. The summed E-state index contributed by atoms with van der Waals surface area (Å²) in [6, 6.07) is 0. The molecular weight excluding hydrogens is 321 g/mol. The van der Waals surface area contributed by atoms with Crippen LogP contribution in [0.1, 0.15) is 0 Å². The second-order valence-electron chi connectivity index (χ2n) is 1.61. The van der Waals surface area contributed by atoms with Gasteiger partial charge in [0.15, 0.2) is 0 Å². The van der Waals surface area contributed by atoms with Crippen LogP contribution in [0, 0.1) is 0 Å². The van der Waals surface area contributed by atoms with Gasteiger partial charge in [-0.1, -0.05) is 23.2 Å². The van der Waals surface area contributed by atoms with Crippen LogP contribution in [0.2, 0.25) is 10.0 Å². The van der Waals surface area contributed by atoms with Crippen LogP contribution >= 0.6 is 51.6 Å². The lowest BCUT2D eigenvalue weighted by atomic mass is 10.6. The molecule has 11 heavy (non-hydrogen) atoms. The Hall–Kier alpha value is 0.620. The number of hydrogen-bond acceptors (Lipinski definition) is 2. The van der Waals surface area contributed by atoms with Crippen LogP contribution < -0.4 is 5.56 Å². The van der Waals surface area contributed by atoms with Crippen molar-refractivity contribution < 1.29 is 0 Å². The van der Waals surface area contributed by atoms with Gasteiger partial charge in [0.2, 0.25) is 0 Å². The quantitative estimate of drug-likeness (QED) is 0.587. The maximum Gasteiger partial charge on any atom is 0.290 e. The lowest BCUT2D eigenvalue weighted by Crippen LogP contribution is -2.15. The van der Waals surface area contributed by atoms with Gasteiger partial charge in [-0.2, -0.15) is 5.10 Å². The normalized spacial score (nSPS) is 11.2. The third kappa shape index (κ3) is 2.05. The van der Waals surface area contributed by atoms with E-state index in [4.69, 9.17) is 23.2 Å². The largest absolute Gasteiger partial charge is 0.290 e. The van der Waals surface area contributed by atoms with E-state index in [1.165, 1.54) is 10.6 Å². The molecule has 1 aromatic heterocycles. The van der Waals surface area contributed by atoms with Gasteiger partial charge in [0.05, 0.1) is 17.6 Å². The molecule has 1 rings (SSSR count). The van der Waals surface area contributed by atoms with Crippen LogP contribution in [0.3, 0.4) is 0 Å². The predicted molar refractivity (Wildman–Crippen MR) is 56.3 cm³/mol. The maximum absolute atomic E-state index is 11.1. The van der Waals surface area contributed by atoms with E-state index in [0.717, 1.165) is 0 Å². The van der Waals surface area contributed by atoms with Crippen molar-refractivity contribution in [1.29, 1.82) is 0 Å². The first-order valence-corrected chi connectivity index (χ1v) is 7.28. The molecule has 7 heteroatoms. The number of halogens is 3. The molecule has 1 aromatic rings. The van der Waals surface area contributed by atoms with Crippen molar-refractivity contribution in [2.75, 3.05) is 0 Å². The molecule has 3 nitrogen and oxygen atoms in total. The van der Waals surface area contributed by atoms with E-state index in [0.29, 0.717) is 0 Å². The lowest BCUT2D eigenvalue weighted by molar-refractivity contribution is 0.918. The number of rotatable bonds is 1. The van der Waals surface area contributed by atoms with Crippen molar-refractivity contribution in [2.24, 2.45) is 0 Å². The molecule has 0 N–H and O–H groups in total. The Labute approximate surface area is 87.4 Å². The standard InChI is InChI=1S/C4H2Cl2IN2OP/c5-2-1-8-9(11-7)4(10)3(2)6/h1,11H. The average Bonchev–Trinajstić information content (AvgIpc) is 2.01. The van der Waals surface area contributed by atoms with E-state index < -0.39 is 0 Å². The average molecular weight is 323 g/mol. The van der Waals surface area contributed by atoms with Gasteiger partial charge in [-0.25, -0.2) is 4.45 Å². The molecule has 0 aliphatic carbocycles. The van der Waals surface area contributed by atoms with Gasteiger partial charge in [-0.05, 0) is 22.0 Å². The summed E-state index contributed by atoms with van der Waals surface area (Å²) in [7, 11) is 0. The Kier molecular flexibility index (Phi) is 3.55. The Morgan fingerprint density at radius 1 is 1.64 bits per heavy atom. The fourth-order valence-corrected chi connectivity index (χ4v) is 2.12. The number of hydrogen-bond donors (Lipinski definition) is 0. The van der Waals surface area contributed by atoms with Crippen molar-refractivity contribution in [3.8, 4) is 0 Å². The van der Waals surface area contributed by atoms with Crippen LogP contribution in [-0.2, 0) is 0 Å². The van der Waals surface area contributed by atoms with Gasteiger partial charge in [0.1, 0.15) is 5.02 Å². The summed E-state index contributed by atoms with van der Waals surface area (Å²) in [5.41, 5.74) is -0.341. The molecule has 0 aliphatic heterocycles. The van der Waals surface area contributed by atoms with Crippen molar-refractivity contribution in [2.45, 2.75) is 0 Å². The van der Waals surface area contributed by atoms with Crippen LogP contribution in [0.4, 0.5) is 0 Å². The minimum Gasteiger partial charge on any atom is -0.266 e. The first-order valence-electron chi connectivity index (χ1n) is 2.47. The molecule has 0 saturated carbocycles. The Morgan fingerprint density at radius 2 is 2.27 bits per heavy atom. The van der Waals surface area contributed by atoms with E-state index >= 15 is 0 Å². The van der Waals surface area contributed by atoms with E-state index in [1.54, 1.807) is 0 Å². The van der Waals surface area contributed by atoms with Crippen molar-refractivity contribution >= 4 is 51.6 Å². The van der Waals surface area contributed by atoms with E-state index in [-0.39, 0.29) is 22.0 Å². The van der Waals surface area contributed by atoms with Gasteiger partial charge >= 0.3 is 0 Å². The van der Waals surface area contributed by atoms with Crippen LogP contribution in [0.5, 0.6) is 0 Å². The summed E-state index contributed by atoms with van der Waals surface area (Å²) in [6.45, 7) is 0. The van der Waals surface area contributed by atoms with Gasteiger partial charge in [-0.15, -0.1) is 0 Å². The third-order valence-electron chi connectivity index (χ3n) is 0.956. The SMILES string of the molecule is O=c1c(Cl)c(Cl)cnn1PI. The second kappa shape index (κ2) is 4.03. The molecule has 1 heterocycles. The second-order valence-corrected chi connectivity index (χ2v) is 4.43. The summed E-state index contributed by atoms with van der Waals surface area (Å²) < 4.78 is 1.26. The smallest absolute Gasteiger partial charge is 0.266 e. The maximum atomic E-state index is 11.1. The Morgan fingerprint density at radius 3 is 2.82 bits per heavy atom. The van der Waals surface area contributed by atoms with Crippen LogP contribution in [0.15, 0.2) is 11.0 Å². The highest BCUT2D eigenvalue weighted by Crippen LogP contribution is 2.22. The summed E-state index contributed by atoms with van der Waals surface area (Å²) >= 11 is 13.1. The Bertz CT molecular complexity index is 328. The zero-order valence-electron chi connectivity index (χ0n) is 5.01. The molecule has 60 valence electrons. The summed E-state index contributed by atoms with van der Waals surface area (Å²) in [5, 5.41) is 3.98. The minimum atomic E-state index is -0.341. The van der Waals surface area contributed by atoms with Gasteiger partial charge < -0.3 is 0 Å². The molecule has 0 radical (unpaired) electrons. The monoisotopic (exact) mass is 322 g/mol. The van der Waals surface area contributed by atoms with Gasteiger partial charge in [0.25, 0.3) is 5.56 Å². The minimum absolute atomic E-state index is 0.0332. The molecule has 0 aromatic carbocycles. The first-order chi connectivity index (χ1) is 5.16. The van der Waals surface area contributed by atoms with Crippen molar-refractivity contribution in [3.63, 3.8) is 0 Å². The van der Waals surface area contributed by atoms with Gasteiger partial charge in [-0.3, -0.25) is 4.79 Å². The zero-order valence-corrected chi connectivity index (χ0v) is 9.68. The summed E-state index contributed by atoms with van der Waals surface area (Å²) in [5.74, 6) is 0. The van der Waals surface area contributed by atoms with Crippen molar-refractivity contribution in [3.05, 3.63) is 26.6 Å². The van der Waals surface area contributed by atoms with E-state index in [2.05, 4.69) is 5.10 Å². The van der Waals surface area contributed by atoms with Crippen molar-refractivity contribution in [1.82, 2.24) is 9.55 Å². The predicted octanol–water partition coefficient (Wildman–Crippen LogP) is 2.34. The van der Waals surface area contributed by atoms with E-state index in [9.17, 15) is 4.79 Å². The number of aromatic nitrogens is 2. The highest BCUT2D eigenvalue weighted by molar-refractivity contribution is 14.2. The topological polar surface area (TPSA) is 34.9 Å².